The summed E-state index contributed by atoms with van der Waals surface area (Å²) in [6.45, 7) is 0.346. The number of guanidine groups is 1. The Labute approximate surface area is 122 Å². The van der Waals surface area contributed by atoms with Crippen molar-refractivity contribution in [2.75, 3.05) is 19.5 Å². The molecule has 0 aliphatic rings. The fourth-order valence-corrected chi connectivity index (χ4v) is 1.72. The molecule has 112 valence electrons. The molecular formula is C13H18N6O2. The van der Waals surface area contributed by atoms with Gasteiger partial charge in [0.05, 0.1) is 32.6 Å². The van der Waals surface area contributed by atoms with Crippen LogP contribution in [0.25, 0.3) is 0 Å². The zero-order valence-corrected chi connectivity index (χ0v) is 12.2. The van der Waals surface area contributed by atoms with E-state index in [1.807, 2.05) is 0 Å². The third kappa shape index (κ3) is 3.85. The predicted octanol–water partition coefficient (Wildman–Crippen LogP) is 0.759. The van der Waals surface area contributed by atoms with E-state index in [9.17, 15) is 0 Å². The summed E-state index contributed by atoms with van der Waals surface area (Å²) in [5.41, 5.74) is 7.28. The number of nitrogens with zero attached hydrogens (tertiary/aromatic N) is 4. The van der Waals surface area contributed by atoms with Gasteiger partial charge in [-0.05, 0) is 12.1 Å². The number of benzene rings is 1. The van der Waals surface area contributed by atoms with Crippen LogP contribution in [0.1, 0.15) is 5.69 Å². The number of hydrogen-bond acceptors (Lipinski definition) is 5. The number of aryl methyl sites for hydroxylation is 1. The van der Waals surface area contributed by atoms with E-state index >= 15 is 0 Å². The molecule has 1 aromatic heterocycles. The third-order valence-electron chi connectivity index (χ3n) is 2.73. The molecule has 0 saturated carbocycles. The molecule has 2 aromatic rings. The fraction of sp³-hybridized carbons (Fsp3) is 0.308. The topological polar surface area (TPSA) is 99.6 Å². The number of aliphatic imine (C=N–C) groups is 1. The average Bonchev–Trinajstić information content (AvgIpc) is 2.90. The van der Waals surface area contributed by atoms with Crippen LogP contribution in [-0.4, -0.2) is 35.2 Å². The zero-order chi connectivity index (χ0) is 15.2. The SMILES string of the molecule is COc1ccc(OC)c(NC(N)=NCc2cnn(C)n2)c1. The first kappa shape index (κ1) is 14.6. The maximum absolute atomic E-state index is 5.86. The standard InChI is InChI=1S/C13H18N6O2/c1-19-16-8-9(18-19)7-15-13(14)17-11-6-10(20-2)4-5-12(11)21-3/h4-6,8H,7H2,1-3H3,(H3,14,15,17). The molecule has 0 radical (unpaired) electrons. The first-order valence-electron chi connectivity index (χ1n) is 6.26. The normalized spacial score (nSPS) is 11.3. The highest BCUT2D eigenvalue weighted by molar-refractivity contribution is 5.93. The van der Waals surface area contributed by atoms with Gasteiger partial charge in [0.1, 0.15) is 17.2 Å². The quantitative estimate of drug-likeness (QED) is 0.623. The van der Waals surface area contributed by atoms with Crippen LogP contribution in [-0.2, 0) is 13.6 Å². The monoisotopic (exact) mass is 290 g/mol. The van der Waals surface area contributed by atoms with Crippen molar-refractivity contribution in [2.45, 2.75) is 6.54 Å². The molecule has 8 heteroatoms. The highest BCUT2D eigenvalue weighted by Gasteiger charge is 2.06. The molecule has 1 aromatic carbocycles. The molecular weight excluding hydrogens is 272 g/mol. The number of anilines is 1. The van der Waals surface area contributed by atoms with E-state index in [-0.39, 0.29) is 5.96 Å². The number of rotatable bonds is 5. The minimum atomic E-state index is 0.257. The van der Waals surface area contributed by atoms with Gasteiger partial charge in [0.25, 0.3) is 0 Å². The van der Waals surface area contributed by atoms with Gasteiger partial charge in [-0.3, -0.25) is 0 Å². The Bertz CT molecular complexity index is 637. The van der Waals surface area contributed by atoms with Crippen molar-refractivity contribution in [2.24, 2.45) is 17.8 Å². The Morgan fingerprint density at radius 3 is 2.81 bits per heavy atom. The summed E-state index contributed by atoms with van der Waals surface area (Å²) in [6.07, 6.45) is 1.64. The molecule has 0 fully saturated rings. The molecule has 0 bridgehead atoms. The lowest BCUT2D eigenvalue weighted by Gasteiger charge is -2.11. The van der Waals surface area contributed by atoms with E-state index in [4.69, 9.17) is 15.2 Å². The van der Waals surface area contributed by atoms with E-state index in [0.29, 0.717) is 23.7 Å². The van der Waals surface area contributed by atoms with Crippen molar-refractivity contribution in [3.05, 3.63) is 30.1 Å². The van der Waals surface area contributed by atoms with Gasteiger partial charge in [0.15, 0.2) is 5.96 Å². The van der Waals surface area contributed by atoms with Gasteiger partial charge in [-0.25, -0.2) is 4.99 Å². The largest absolute Gasteiger partial charge is 0.497 e. The molecule has 1 heterocycles. The molecule has 0 unspecified atom stereocenters. The lowest BCUT2D eigenvalue weighted by molar-refractivity contribution is 0.405. The van der Waals surface area contributed by atoms with E-state index in [2.05, 4.69) is 20.5 Å². The van der Waals surface area contributed by atoms with Crippen LogP contribution < -0.4 is 20.5 Å². The Balaban J connectivity index is 2.09. The zero-order valence-electron chi connectivity index (χ0n) is 12.2. The number of hydrogen-bond donors (Lipinski definition) is 2. The van der Waals surface area contributed by atoms with Crippen molar-refractivity contribution in [1.29, 1.82) is 0 Å². The van der Waals surface area contributed by atoms with Crippen LogP contribution in [0.4, 0.5) is 5.69 Å². The Kier molecular flexibility index (Phi) is 4.60. The summed E-state index contributed by atoms with van der Waals surface area (Å²) in [7, 11) is 4.92. The predicted molar refractivity (Wildman–Crippen MR) is 79.5 cm³/mol. The lowest BCUT2D eigenvalue weighted by atomic mass is 10.2. The van der Waals surface area contributed by atoms with Crippen LogP contribution in [0.15, 0.2) is 29.4 Å². The molecule has 8 nitrogen and oxygen atoms in total. The highest BCUT2D eigenvalue weighted by Crippen LogP contribution is 2.28. The highest BCUT2D eigenvalue weighted by atomic mass is 16.5. The molecule has 21 heavy (non-hydrogen) atoms. The second-order valence-electron chi connectivity index (χ2n) is 4.22. The van der Waals surface area contributed by atoms with E-state index < -0.39 is 0 Å². The molecule has 2 rings (SSSR count). The maximum atomic E-state index is 5.86. The summed E-state index contributed by atoms with van der Waals surface area (Å²) >= 11 is 0. The number of aromatic nitrogens is 3. The van der Waals surface area contributed by atoms with Crippen molar-refractivity contribution >= 4 is 11.6 Å². The number of methoxy groups -OCH3 is 2. The number of ether oxygens (including phenoxy) is 2. The first-order valence-corrected chi connectivity index (χ1v) is 6.26. The Morgan fingerprint density at radius 2 is 2.19 bits per heavy atom. The van der Waals surface area contributed by atoms with Gasteiger partial charge < -0.3 is 20.5 Å². The van der Waals surface area contributed by atoms with Gasteiger partial charge in [0, 0.05) is 13.1 Å². The first-order chi connectivity index (χ1) is 10.1. The number of nitrogens with two attached hydrogens (primary N) is 1. The second-order valence-corrected chi connectivity index (χ2v) is 4.22. The van der Waals surface area contributed by atoms with Crippen LogP contribution in [0.3, 0.4) is 0 Å². The summed E-state index contributed by atoms with van der Waals surface area (Å²) in [6, 6.07) is 5.37. The van der Waals surface area contributed by atoms with E-state index in [0.717, 1.165) is 5.69 Å². The van der Waals surface area contributed by atoms with Gasteiger partial charge >= 0.3 is 0 Å². The Morgan fingerprint density at radius 1 is 1.38 bits per heavy atom. The van der Waals surface area contributed by atoms with Crippen LogP contribution in [0.2, 0.25) is 0 Å². The summed E-state index contributed by atoms with van der Waals surface area (Å²) in [4.78, 5) is 5.68. The van der Waals surface area contributed by atoms with Crippen molar-refractivity contribution in [3.63, 3.8) is 0 Å². The molecule has 0 amide bonds. The van der Waals surface area contributed by atoms with Crippen LogP contribution in [0, 0.1) is 0 Å². The smallest absolute Gasteiger partial charge is 0.193 e. The molecule has 0 spiro atoms. The number of nitrogens with one attached hydrogen (secondary N) is 1. The van der Waals surface area contributed by atoms with Crippen molar-refractivity contribution in [1.82, 2.24) is 15.0 Å². The average molecular weight is 290 g/mol. The van der Waals surface area contributed by atoms with Gasteiger partial charge in [0.2, 0.25) is 0 Å². The summed E-state index contributed by atoms with van der Waals surface area (Å²) in [5.74, 6) is 1.60. The molecule has 0 atom stereocenters. The van der Waals surface area contributed by atoms with Crippen molar-refractivity contribution < 1.29 is 9.47 Å². The molecule has 0 saturated heterocycles. The van der Waals surface area contributed by atoms with Gasteiger partial charge in [-0.2, -0.15) is 15.0 Å². The van der Waals surface area contributed by atoms with Crippen LogP contribution >= 0.6 is 0 Å². The fourth-order valence-electron chi connectivity index (χ4n) is 1.72. The summed E-state index contributed by atoms with van der Waals surface area (Å²) in [5, 5.41) is 11.1. The third-order valence-corrected chi connectivity index (χ3v) is 2.73. The lowest BCUT2D eigenvalue weighted by Crippen LogP contribution is -2.23. The van der Waals surface area contributed by atoms with E-state index in [1.54, 1.807) is 45.7 Å². The van der Waals surface area contributed by atoms with Gasteiger partial charge in [-0.1, -0.05) is 0 Å². The minimum absolute atomic E-state index is 0.257. The summed E-state index contributed by atoms with van der Waals surface area (Å²) < 4.78 is 10.4. The van der Waals surface area contributed by atoms with Crippen LogP contribution in [0.5, 0.6) is 11.5 Å². The van der Waals surface area contributed by atoms with Gasteiger partial charge in [-0.15, -0.1) is 0 Å². The van der Waals surface area contributed by atoms with E-state index in [1.165, 1.54) is 4.80 Å². The second kappa shape index (κ2) is 6.60. The molecule has 0 aliphatic heterocycles. The molecule has 3 N–H and O–H groups in total. The molecule has 0 aliphatic carbocycles. The maximum Gasteiger partial charge on any atom is 0.193 e. The minimum Gasteiger partial charge on any atom is -0.497 e. The van der Waals surface area contributed by atoms with Crippen molar-refractivity contribution in [3.8, 4) is 11.5 Å². The Hall–Kier alpha value is -2.77.